The molecule has 0 spiro atoms. The van der Waals surface area contributed by atoms with Crippen molar-refractivity contribution in [3.05, 3.63) is 0 Å². The van der Waals surface area contributed by atoms with Gasteiger partial charge in [-0.3, -0.25) is 0 Å². The third kappa shape index (κ3) is 337. The van der Waals surface area contributed by atoms with Crippen molar-refractivity contribution >= 4 is 18.1 Å². The first-order chi connectivity index (χ1) is 4.00. The quantitative estimate of drug-likeness (QED) is 0.270. The predicted octanol–water partition coefficient (Wildman–Crippen LogP) is -11.5. The zero-order chi connectivity index (χ0) is 9.00. The van der Waals surface area contributed by atoms with Crippen LogP contribution in [0.1, 0.15) is 0 Å². The maximum Gasteiger partial charge on any atom is 3.00 e. The van der Waals surface area contributed by atoms with Crippen molar-refractivity contribution in [2.45, 2.75) is 0 Å². The van der Waals surface area contributed by atoms with Crippen LogP contribution in [0.4, 0.5) is 0 Å². The summed E-state index contributed by atoms with van der Waals surface area (Å²) >= 11 is 0. The van der Waals surface area contributed by atoms with E-state index >= 15 is 0 Å². The van der Waals surface area contributed by atoms with Gasteiger partial charge in [0.05, 0.1) is 0 Å². The van der Waals surface area contributed by atoms with Gasteiger partial charge in [0.2, 0.25) is 0 Å². The van der Waals surface area contributed by atoms with Crippen LogP contribution in [0.2, 0.25) is 0 Å². The zero-order valence-corrected chi connectivity index (χ0v) is 11.5. The second-order valence-electron chi connectivity index (χ2n) is 1.00. The van der Waals surface area contributed by atoms with E-state index in [4.69, 9.17) is 38.4 Å². The Kier molecular flexibility index (Phi) is 28.9. The average molecular weight is 536 g/mol. The molecule has 0 aromatic rings. The molecule has 0 rings (SSSR count). The maximum atomic E-state index is 8.58. The molecule has 1 radical (unpaired) electrons. The molecule has 0 heterocycles. The molecule has 0 aromatic carbocycles. The number of rotatable bonds is 0. The second-order valence-corrected chi connectivity index (χ2v) is 3.00. The Labute approximate surface area is 136 Å². The minimum Gasteiger partial charge on any atom is -0.894 e. The van der Waals surface area contributed by atoms with Gasteiger partial charge in [-0.15, -0.1) is 0 Å². The fourth-order valence-corrected chi connectivity index (χ4v) is 0. The van der Waals surface area contributed by atoms with Gasteiger partial charge in [-0.1, -0.05) is 0 Å². The van der Waals surface area contributed by atoms with Gasteiger partial charge in [-0.2, -0.15) is 0 Å². The van der Waals surface area contributed by atoms with E-state index in [1.54, 1.807) is 0 Å². The SMILES string of the molecule is [Gd+3].[Lu+3].[O-][Si]([O-])([O-])[O-].[O-][Si]([O-])([O-])[O-].[OH4+2]. The second kappa shape index (κ2) is 12.7. The summed E-state index contributed by atoms with van der Waals surface area (Å²) in [5.74, 6) is 0. The van der Waals surface area contributed by atoms with Crippen LogP contribution in [0.5, 0.6) is 0 Å². The molecule has 13 heteroatoms. The molecule has 0 aliphatic rings. The summed E-state index contributed by atoms with van der Waals surface area (Å²) in [5, 5.41) is 0. The summed E-state index contributed by atoms with van der Waals surface area (Å²) in [6, 6.07) is 0. The van der Waals surface area contributed by atoms with E-state index in [1.165, 1.54) is 0 Å². The average Bonchev–Trinajstić information content (AvgIpc) is 1.12. The van der Waals surface area contributed by atoms with E-state index in [-0.39, 0.29) is 82.3 Å². The normalized spacial score (nSPS) is 9.23. The van der Waals surface area contributed by atoms with Gasteiger partial charge in [0.25, 0.3) is 0 Å². The molecule has 0 aromatic heterocycles. The first-order valence-electron chi connectivity index (χ1n) is 1.63. The third-order valence-electron chi connectivity index (χ3n) is 0. The first kappa shape index (κ1) is 29.6. The Bertz CT molecular complexity index is 60.6. The molecule has 0 bridgehead atoms. The minimum absolute atomic E-state index is 0. The van der Waals surface area contributed by atoms with E-state index in [9.17, 15) is 0 Å². The molecule has 13 heavy (non-hydrogen) atoms. The van der Waals surface area contributed by atoms with E-state index in [0.29, 0.717) is 0 Å². The van der Waals surface area contributed by atoms with Crippen molar-refractivity contribution in [1.82, 2.24) is 0 Å². The van der Waals surface area contributed by atoms with Crippen LogP contribution in [-0.2, 0) is 5.48 Å². The molecule has 0 saturated heterocycles. The van der Waals surface area contributed by atoms with Crippen molar-refractivity contribution in [3.8, 4) is 0 Å². The Balaban J connectivity index is -0.0000000267. The van der Waals surface area contributed by atoms with Crippen LogP contribution in [0.25, 0.3) is 0 Å². The Morgan fingerprint density at radius 3 is 0.538 bits per heavy atom. The van der Waals surface area contributed by atoms with Crippen molar-refractivity contribution in [2.24, 2.45) is 0 Å². The summed E-state index contributed by atoms with van der Waals surface area (Å²) in [6.07, 6.45) is 0. The first-order valence-corrected chi connectivity index (χ1v) is 4.90. The molecule has 0 aliphatic carbocycles. The van der Waals surface area contributed by atoms with Crippen LogP contribution < -0.4 is 38.4 Å². The minimum atomic E-state index is -5.61. The molecular formula is H4GdLuO9Si2. The number of hydrogen-bond acceptors (Lipinski definition) is 8. The van der Waals surface area contributed by atoms with E-state index < -0.39 is 18.1 Å². The van der Waals surface area contributed by atoms with Crippen molar-refractivity contribution in [1.29, 1.82) is 0 Å². The van der Waals surface area contributed by atoms with Gasteiger partial charge >= 0.3 is 76.8 Å². The fourth-order valence-electron chi connectivity index (χ4n) is 0. The molecule has 0 fully saturated rings. The van der Waals surface area contributed by atoms with Crippen molar-refractivity contribution in [3.63, 3.8) is 0 Å². The fraction of sp³-hybridized carbons (Fsp3) is 0. The molecule has 0 atom stereocenters. The van der Waals surface area contributed by atoms with Gasteiger partial charge < -0.3 is 61.9 Å². The third-order valence-corrected chi connectivity index (χ3v) is 0. The summed E-state index contributed by atoms with van der Waals surface area (Å²) in [5.41, 5.74) is 0. The molecular weight excluding hydrogens is 532 g/mol. The molecule has 9 nitrogen and oxygen atoms in total. The van der Waals surface area contributed by atoms with Gasteiger partial charge in [0, 0.05) is 0 Å². The van der Waals surface area contributed by atoms with Crippen molar-refractivity contribution < 1.29 is 121 Å². The molecule has 4 N–H and O–H groups in total. The summed E-state index contributed by atoms with van der Waals surface area (Å²) < 4.78 is 0. The standard InChI is InChI=1S/Gd.Lu.2O4Si.H4O/c;;2*1-5(2,3)4;/h;;;;1H4/q2*+3;2*-4;+2. The van der Waals surface area contributed by atoms with Crippen molar-refractivity contribution in [2.75, 3.05) is 0 Å². The van der Waals surface area contributed by atoms with E-state index in [1.807, 2.05) is 0 Å². The Hall–Kier alpha value is 2.63. The molecule has 0 saturated carbocycles. The Morgan fingerprint density at radius 2 is 0.538 bits per heavy atom. The van der Waals surface area contributed by atoms with Crippen LogP contribution in [0.3, 0.4) is 0 Å². The largest absolute Gasteiger partial charge is 3.00 e. The number of hydrogen-bond donors (Lipinski definition) is 0. The zero-order valence-electron chi connectivity index (χ0n) is 5.58. The van der Waals surface area contributed by atoms with Crippen LogP contribution in [0, 0.1) is 76.8 Å². The summed E-state index contributed by atoms with van der Waals surface area (Å²) in [7, 11) is -11.2. The van der Waals surface area contributed by atoms with Crippen LogP contribution in [-0.4, -0.2) is 18.1 Å². The van der Waals surface area contributed by atoms with E-state index in [2.05, 4.69) is 0 Å². The monoisotopic (exact) mass is 537 g/mol. The van der Waals surface area contributed by atoms with Gasteiger partial charge in [-0.25, -0.2) is 0 Å². The van der Waals surface area contributed by atoms with Crippen LogP contribution in [0.15, 0.2) is 0 Å². The molecule has 0 aliphatic heterocycles. The van der Waals surface area contributed by atoms with Gasteiger partial charge in [-0.05, 0) is 0 Å². The predicted molar refractivity (Wildman–Crippen MR) is 17.8 cm³/mol. The molecule has 89 valence electrons. The van der Waals surface area contributed by atoms with Crippen LogP contribution >= 0.6 is 0 Å². The Morgan fingerprint density at radius 1 is 0.538 bits per heavy atom. The van der Waals surface area contributed by atoms with Gasteiger partial charge in [0.15, 0.2) is 0 Å². The topological polar surface area (TPSA) is 219 Å². The maximum absolute atomic E-state index is 8.58. The van der Waals surface area contributed by atoms with Gasteiger partial charge in [0.1, 0.15) is 0 Å². The van der Waals surface area contributed by atoms with E-state index in [0.717, 1.165) is 0 Å². The molecule has 0 amide bonds. The smallest absolute Gasteiger partial charge is 0.894 e. The molecule has 0 unspecified atom stereocenters. The summed E-state index contributed by atoms with van der Waals surface area (Å²) in [4.78, 5) is 68.6. The summed E-state index contributed by atoms with van der Waals surface area (Å²) in [6.45, 7) is 0.